The Hall–Kier alpha value is -1.85. The van der Waals surface area contributed by atoms with Gasteiger partial charge in [-0.25, -0.2) is 0 Å². The van der Waals surface area contributed by atoms with Crippen LogP contribution >= 0.6 is 23.1 Å². The molecule has 3 heterocycles. The summed E-state index contributed by atoms with van der Waals surface area (Å²) in [6.45, 7) is 0.926. The largest absolute Gasteiger partial charge is 0.316 e. The second kappa shape index (κ2) is 6.94. The number of aromatic nitrogens is 3. The van der Waals surface area contributed by atoms with Gasteiger partial charge in [0.2, 0.25) is 5.91 Å². The van der Waals surface area contributed by atoms with Crippen LogP contribution in [0, 0.1) is 11.3 Å². The number of nitrogens with zero attached hydrogens (tertiary/aromatic N) is 4. The van der Waals surface area contributed by atoms with E-state index >= 15 is 0 Å². The molecule has 1 aliphatic rings. The third-order valence-electron chi connectivity index (χ3n) is 3.45. The maximum atomic E-state index is 12.0. The van der Waals surface area contributed by atoms with Gasteiger partial charge >= 0.3 is 0 Å². The summed E-state index contributed by atoms with van der Waals surface area (Å²) >= 11 is 2.75. The molecule has 6 nitrogen and oxygen atoms in total. The Kier molecular flexibility index (Phi) is 4.75. The quantitative estimate of drug-likeness (QED) is 0.870. The number of fused-ring (bicyclic) bond motifs is 1. The molecule has 114 valence electrons. The van der Waals surface area contributed by atoms with Crippen LogP contribution in [0.25, 0.3) is 0 Å². The average Bonchev–Trinajstić information content (AvgIpc) is 3.05. The summed E-state index contributed by atoms with van der Waals surface area (Å²) in [5.74, 6) is 1.15. The number of aryl methyl sites for hydroxylation is 1. The van der Waals surface area contributed by atoms with E-state index in [2.05, 4.69) is 26.2 Å². The maximum absolute atomic E-state index is 12.0. The summed E-state index contributed by atoms with van der Waals surface area (Å²) < 4.78 is 2.12. The highest BCUT2D eigenvalue weighted by atomic mass is 32.2. The van der Waals surface area contributed by atoms with Gasteiger partial charge < -0.3 is 9.88 Å². The summed E-state index contributed by atoms with van der Waals surface area (Å²) in [6.07, 6.45) is 4.45. The van der Waals surface area contributed by atoms with Crippen LogP contribution in [0.5, 0.6) is 0 Å². The molecule has 0 spiro atoms. The van der Waals surface area contributed by atoms with Crippen LogP contribution < -0.4 is 5.32 Å². The second-order valence-electron chi connectivity index (χ2n) is 4.97. The zero-order valence-electron chi connectivity index (χ0n) is 11.9. The van der Waals surface area contributed by atoms with E-state index in [1.807, 2.05) is 0 Å². The number of hydrogen-bond donors (Lipinski definition) is 1. The molecule has 0 radical (unpaired) electrons. The van der Waals surface area contributed by atoms with Gasteiger partial charge in [-0.3, -0.25) is 4.79 Å². The fourth-order valence-corrected chi connectivity index (χ4v) is 3.89. The number of thioether (sulfide) groups is 1. The Morgan fingerprint density at radius 1 is 1.45 bits per heavy atom. The van der Waals surface area contributed by atoms with E-state index in [1.165, 1.54) is 29.5 Å². The molecular formula is C14H15N5OS2. The first-order valence-corrected chi connectivity index (χ1v) is 8.97. The Balaban J connectivity index is 1.60. The highest BCUT2D eigenvalue weighted by Crippen LogP contribution is 2.24. The topological polar surface area (TPSA) is 83.6 Å². The molecule has 2 aromatic rings. The number of nitriles is 1. The molecule has 0 bridgehead atoms. The SMILES string of the molecule is N#Cc1ccsc1NC(=O)CSc1nnc2n1CCCCC2. The predicted octanol–water partition coefficient (Wildman–Crippen LogP) is 2.67. The summed E-state index contributed by atoms with van der Waals surface area (Å²) in [4.78, 5) is 12.0. The van der Waals surface area contributed by atoms with Crippen molar-refractivity contribution in [2.24, 2.45) is 0 Å². The fraction of sp³-hybridized carbons (Fsp3) is 0.429. The minimum atomic E-state index is -0.130. The first-order valence-electron chi connectivity index (χ1n) is 7.10. The minimum absolute atomic E-state index is 0.130. The summed E-state index contributed by atoms with van der Waals surface area (Å²) in [5, 5.41) is 23.3. The molecule has 0 saturated heterocycles. The molecule has 0 unspecified atom stereocenters. The van der Waals surface area contributed by atoms with Gasteiger partial charge in [0.15, 0.2) is 5.16 Å². The lowest BCUT2D eigenvalue weighted by atomic mass is 10.2. The van der Waals surface area contributed by atoms with E-state index < -0.39 is 0 Å². The Bertz CT molecular complexity index is 715. The molecule has 1 amide bonds. The normalized spacial score (nSPS) is 14.0. The lowest BCUT2D eigenvalue weighted by molar-refractivity contribution is -0.113. The lowest BCUT2D eigenvalue weighted by Crippen LogP contribution is -2.14. The molecule has 8 heteroatoms. The van der Waals surface area contributed by atoms with Gasteiger partial charge in [0, 0.05) is 13.0 Å². The molecule has 22 heavy (non-hydrogen) atoms. The third kappa shape index (κ3) is 3.31. The van der Waals surface area contributed by atoms with Crippen molar-refractivity contribution in [3.63, 3.8) is 0 Å². The van der Waals surface area contributed by atoms with Crippen LogP contribution in [0.15, 0.2) is 16.6 Å². The molecule has 0 aromatic carbocycles. The van der Waals surface area contributed by atoms with Gasteiger partial charge in [0.05, 0.1) is 11.3 Å². The van der Waals surface area contributed by atoms with Crippen LogP contribution in [-0.4, -0.2) is 26.4 Å². The van der Waals surface area contributed by atoms with Crippen molar-refractivity contribution in [3.05, 3.63) is 22.8 Å². The van der Waals surface area contributed by atoms with E-state index in [4.69, 9.17) is 5.26 Å². The van der Waals surface area contributed by atoms with Crippen molar-refractivity contribution in [2.45, 2.75) is 37.4 Å². The Labute approximate surface area is 136 Å². The van der Waals surface area contributed by atoms with Gasteiger partial charge in [-0.15, -0.1) is 21.5 Å². The van der Waals surface area contributed by atoms with E-state index in [9.17, 15) is 4.79 Å². The van der Waals surface area contributed by atoms with Gasteiger partial charge in [-0.2, -0.15) is 5.26 Å². The molecule has 1 aliphatic heterocycles. The van der Waals surface area contributed by atoms with Crippen molar-refractivity contribution in [2.75, 3.05) is 11.1 Å². The van der Waals surface area contributed by atoms with Gasteiger partial charge in [-0.1, -0.05) is 18.2 Å². The zero-order valence-corrected chi connectivity index (χ0v) is 13.5. The Morgan fingerprint density at radius 3 is 3.23 bits per heavy atom. The van der Waals surface area contributed by atoms with Gasteiger partial charge in [-0.05, 0) is 24.3 Å². The standard InChI is InChI=1S/C14H15N5OS2/c15-8-10-5-7-21-13(10)16-12(20)9-22-14-18-17-11-4-2-1-3-6-19(11)14/h5,7H,1-4,6,9H2,(H,16,20). The third-order valence-corrected chi connectivity index (χ3v) is 5.24. The van der Waals surface area contributed by atoms with E-state index in [0.29, 0.717) is 10.6 Å². The number of rotatable bonds is 4. The number of carbonyl (C=O) groups excluding carboxylic acids is 1. The maximum Gasteiger partial charge on any atom is 0.235 e. The molecule has 0 saturated carbocycles. The molecular weight excluding hydrogens is 318 g/mol. The van der Waals surface area contributed by atoms with Gasteiger partial charge in [0.25, 0.3) is 0 Å². The fourth-order valence-electron chi connectivity index (χ4n) is 2.35. The zero-order chi connectivity index (χ0) is 15.4. The van der Waals surface area contributed by atoms with Crippen LogP contribution in [0.3, 0.4) is 0 Å². The average molecular weight is 333 g/mol. The number of carbonyl (C=O) groups is 1. The van der Waals surface area contributed by atoms with E-state index in [0.717, 1.165) is 36.8 Å². The highest BCUT2D eigenvalue weighted by molar-refractivity contribution is 7.99. The van der Waals surface area contributed by atoms with E-state index in [-0.39, 0.29) is 11.7 Å². The molecule has 3 rings (SSSR count). The van der Waals surface area contributed by atoms with Crippen molar-refractivity contribution >= 4 is 34.0 Å². The summed E-state index contributed by atoms with van der Waals surface area (Å²) in [5.41, 5.74) is 0.500. The first-order chi connectivity index (χ1) is 10.8. The summed E-state index contributed by atoms with van der Waals surface area (Å²) in [6, 6.07) is 3.76. The number of hydrogen-bond acceptors (Lipinski definition) is 6. The number of nitrogens with one attached hydrogen (secondary N) is 1. The monoisotopic (exact) mass is 333 g/mol. The van der Waals surface area contributed by atoms with Crippen LogP contribution in [0.1, 0.15) is 30.7 Å². The number of anilines is 1. The molecule has 0 atom stereocenters. The van der Waals surface area contributed by atoms with Gasteiger partial charge in [0.1, 0.15) is 16.9 Å². The van der Waals surface area contributed by atoms with Crippen LogP contribution in [-0.2, 0) is 17.8 Å². The van der Waals surface area contributed by atoms with Crippen molar-refractivity contribution in [3.8, 4) is 6.07 Å². The molecule has 0 fully saturated rings. The van der Waals surface area contributed by atoms with Crippen molar-refractivity contribution in [1.29, 1.82) is 5.26 Å². The smallest absolute Gasteiger partial charge is 0.235 e. The number of thiophene rings is 1. The predicted molar refractivity (Wildman–Crippen MR) is 86.0 cm³/mol. The lowest BCUT2D eigenvalue weighted by Gasteiger charge is -2.06. The van der Waals surface area contributed by atoms with Crippen LogP contribution in [0.2, 0.25) is 0 Å². The molecule has 0 aliphatic carbocycles. The summed E-state index contributed by atoms with van der Waals surface area (Å²) in [7, 11) is 0. The first kappa shape index (κ1) is 15.1. The van der Waals surface area contributed by atoms with Crippen LogP contribution in [0.4, 0.5) is 5.00 Å². The second-order valence-corrected chi connectivity index (χ2v) is 6.83. The molecule has 2 aromatic heterocycles. The van der Waals surface area contributed by atoms with Crippen molar-refractivity contribution < 1.29 is 4.79 Å². The molecule has 1 N–H and O–H groups in total. The minimum Gasteiger partial charge on any atom is -0.316 e. The van der Waals surface area contributed by atoms with E-state index in [1.54, 1.807) is 11.4 Å². The number of amides is 1. The highest BCUT2D eigenvalue weighted by Gasteiger charge is 2.16. The Morgan fingerprint density at radius 2 is 2.36 bits per heavy atom. The van der Waals surface area contributed by atoms with Crippen molar-refractivity contribution in [1.82, 2.24) is 14.8 Å².